The zero-order valence-corrected chi connectivity index (χ0v) is 21.3. The minimum Gasteiger partial charge on any atom is -0.494 e. The van der Waals surface area contributed by atoms with Gasteiger partial charge in [0.2, 0.25) is 11.8 Å². The maximum Gasteiger partial charge on any atom is 0.234 e. The summed E-state index contributed by atoms with van der Waals surface area (Å²) in [5.74, 6) is 2.81. The first-order valence-electron chi connectivity index (χ1n) is 11.9. The molecule has 0 saturated carbocycles. The molecule has 6 nitrogen and oxygen atoms in total. The number of para-hydroxylation sites is 1. The van der Waals surface area contributed by atoms with E-state index in [2.05, 4.69) is 12.2 Å². The monoisotopic (exact) mass is 497 g/mol. The predicted molar refractivity (Wildman–Crippen MR) is 143 cm³/mol. The van der Waals surface area contributed by atoms with Crippen molar-refractivity contribution in [1.29, 1.82) is 0 Å². The number of benzene rings is 3. The summed E-state index contributed by atoms with van der Waals surface area (Å²) in [6, 6.07) is 21.5. The average Bonchev–Trinajstić information content (AvgIpc) is 2.89. The van der Waals surface area contributed by atoms with E-state index >= 15 is 0 Å². The molecule has 0 atom stereocenters. The molecule has 1 amide bonds. The van der Waals surface area contributed by atoms with Gasteiger partial charge < -0.3 is 14.8 Å². The Hall–Kier alpha value is -3.84. The van der Waals surface area contributed by atoms with E-state index < -0.39 is 0 Å². The van der Waals surface area contributed by atoms with Crippen LogP contribution in [0.25, 0.3) is 11.4 Å². The Morgan fingerprint density at radius 3 is 2.61 bits per heavy atom. The van der Waals surface area contributed by atoms with E-state index in [1.54, 1.807) is 0 Å². The number of anilines is 1. The Balaban J connectivity index is 1.42. The maximum absolute atomic E-state index is 12.8. The van der Waals surface area contributed by atoms with E-state index in [-0.39, 0.29) is 11.7 Å². The fraction of sp³-hybridized carbons (Fsp3) is 0.207. The summed E-state index contributed by atoms with van der Waals surface area (Å²) in [5.41, 5.74) is 5.94. The average molecular weight is 498 g/mol. The van der Waals surface area contributed by atoms with Gasteiger partial charge in [0.1, 0.15) is 16.5 Å². The molecule has 4 aromatic rings. The second-order valence-corrected chi connectivity index (χ2v) is 9.58. The van der Waals surface area contributed by atoms with Gasteiger partial charge in [0.05, 0.1) is 17.9 Å². The van der Waals surface area contributed by atoms with Crippen molar-refractivity contribution >= 4 is 23.4 Å². The third-order valence-corrected chi connectivity index (χ3v) is 7.05. The van der Waals surface area contributed by atoms with Gasteiger partial charge in [-0.3, -0.25) is 4.79 Å². The maximum atomic E-state index is 12.8. The van der Waals surface area contributed by atoms with Crippen LogP contribution in [0.15, 0.2) is 71.8 Å². The molecule has 5 rings (SSSR count). The van der Waals surface area contributed by atoms with Crippen molar-refractivity contribution < 1.29 is 14.3 Å². The summed E-state index contributed by atoms with van der Waals surface area (Å²) in [5, 5.41) is 3.74. The number of fused-ring (bicyclic) bond motifs is 2. The van der Waals surface area contributed by atoms with Crippen LogP contribution in [0.3, 0.4) is 0 Å². The molecule has 7 heteroatoms. The fourth-order valence-electron chi connectivity index (χ4n) is 3.99. The molecule has 0 unspecified atom stereocenters. The lowest BCUT2D eigenvalue weighted by molar-refractivity contribution is -0.113. The molecular weight excluding hydrogens is 470 g/mol. The quantitative estimate of drug-likeness (QED) is 0.202. The smallest absolute Gasteiger partial charge is 0.234 e. The molecule has 36 heavy (non-hydrogen) atoms. The van der Waals surface area contributed by atoms with Crippen molar-refractivity contribution in [3.05, 3.63) is 89.0 Å². The number of hydrogen-bond donors (Lipinski definition) is 1. The summed E-state index contributed by atoms with van der Waals surface area (Å²) in [7, 11) is 0. The number of nitrogens with zero attached hydrogens (tertiary/aromatic N) is 2. The zero-order chi connectivity index (χ0) is 25.1. The number of ether oxygens (including phenoxy) is 2. The van der Waals surface area contributed by atoms with Gasteiger partial charge in [0.15, 0.2) is 5.82 Å². The molecule has 0 saturated heterocycles. The normalized spacial score (nSPS) is 11.8. The van der Waals surface area contributed by atoms with Gasteiger partial charge in [-0.25, -0.2) is 4.98 Å². The lowest BCUT2D eigenvalue weighted by Crippen LogP contribution is -2.15. The summed E-state index contributed by atoms with van der Waals surface area (Å²) >= 11 is 1.40. The molecule has 1 N–H and O–H groups in total. The second-order valence-electron chi connectivity index (χ2n) is 8.62. The summed E-state index contributed by atoms with van der Waals surface area (Å²) < 4.78 is 11.7. The largest absolute Gasteiger partial charge is 0.494 e. The van der Waals surface area contributed by atoms with Crippen LogP contribution >= 0.6 is 11.8 Å². The first kappa shape index (κ1) is 23.9. The highest BCUT2D eigenvalue weighted by Gasteiger charge is 2.24. The standard InChI is InChI=1S/C29H27N3O3S/c1-4-34-23-13-10-20(11-14-23)27-31-28-24(16-21-7-5-6-8-25(21)35-28)29(32-27)36-17-26(33)30-22-12-9-18(2)19(3)15-22/h5-15H,4,16-17H2,1-3H3,(H,30,33). The van der Waals surface area contributed by atoms with Crippen LogP contribution in [-0.2, 0) is 11.2 Å². The van der Waals surface area contributed by atoms with Crippen molar-refractivity contribution in [1.82, 2.24) is 9.97 Å². The van der Waals surface area contributed by atoms with Crippen LogP contribution in [-0.4, -0.2) is 28.2 Å². The SMILES string of the molecule is CCOc1ccc(-c2nc3c(c(SCC(=O)Nc4ccc(C)c(C)c4)n2)Cc2ccccc2O3)cc1. The number of carbonyl (C=O) groups is 1. The van der Waals surface area contributed by atoms with Crippen molar-refractivity contribution in [3.8, 4) is 28.8 Å². The molecule has 2 heterocycles. The Labute approximate surface area is 215 Å². The summed E-state index contributed by atoms with van der Waals surface area (Å²) in [6.07, 6.45) is 0.649. The molecule has 0 aliphatic carbocycles. The fourth-order valence-corrected chi connectivity index (χ4v) is 4.81. The highest BCUT2D eigenvalue weighted by atomic mass is 32.2. The van der Waals surface area contributed by atoms with Gasteiger partial charge in [-0.05, 0) is 79.9 Å². The molecule has 1 aliphatic heterocycles. The van der Waals surface area contributed by atoms with Gasteiger partial charge in [0, 0.05) is 17.7 Å². The number of carbonyl (C=O) groups excluding carboxylic acids is 1. The van der Waals surface area contributed by atoms with Crippen molar-refractivity contribution in [2.75, 3.05) is 17.7 Å². The predicted octanol–water partition coefficient (Wildman–Crippen LogP) is 6.59. The minimum absolute atomic E-state index is 0.0876. The number of aryl methyl sites for hydroxylation is 2. The zero-order valence-electron chi connectivity index (χ0n) is 20.5. The van der Waals surface area contributed by atoms with E-state index in [0.29, 0.717) is 24.7 Å². The molecule has 182 valence electrons. The molecule has 1 aliphatic rings. The van der Waals surface area contributed by atoms with E-state index in [1.165, 1.54) is 17.3 Å². The molecular formula is C29H27N3O3S. The second kappa shape index (κ2) is 10.4. The third-order valence-electron chi connectivity index (χ3n) is 6.03. The molecule has 0 spiro atoms. The molecule has 1 aromatic heterocycles. The number of aromatic nitrogens is 2. The van der Waals surface area contributed by atoms with Crippen LogP contribution < -0.4 is 14.8 Å². The molecule has 0 fully saturated rings. The number of rotatable bonds is 7. The number of hydrogen-bond acceptors (Lipinski definition) is 6. The van der Waals surface area contributed by atoms with Crippen molar-refractivity contribution in [2.24, 2.45) is 0 Å². The lowest BCUT2D eigenvalue weighted by atomic mass is 10.0. The molecule has 0 bridgehead atoms. The highest BCUT2D eigenvalue weighted by Crippen LogP contribution is 2.40. The van der Waals surface area contributed by atoms with Crippen LogP contribution in [0.2, 0.25) is 0 Å². The van der Waals surface area contributed by atoms with Crippen LogP contribution in [0.5, 0.6) is 17.4 Å². The minimum atomic E-state index is -0.0876. The van der Waals surface area contributed by atoms with Crippen LogP contribution in [0, 0.1) is 13.8 Å². The Morgan fingerprint density at radius 1 is 1.03 bits per heavy atom. The Morgan fingerprint density at radius 2 is 1.83 bits per heavy atom. The number of amides is 1. The van der Waals surface area contributed by atoms with Crippen molar-refractivity contribution in [3.63, 3.8) is 0 Å². The Kier molecular flexibility index (Phi) is 6.91. The molecule has 0 radical (unpaired) electrons. The van der Waals surface area contributed by atoms with Crippen molar-refractivity contribution in [2.45, 2.75) is 32.2 Å². The summed E-state index contributed by atoms with van der Waals surface area (Å²) in [4.78, 5) is 22.4. The first-order valence-corrected chi connectivity index (χ1v) is 12.9. The Bertz CT molecular complexity index is 1420. The van der Waals surface area contributed by atoms with Crippen LogP contribution in [0.4, 0.5) is 5.69 Å². The lowest BCUT2D eigenvalue weighted by Gasteiger charge is -2.21. The number of thioether (sulfide) groups is 1. The van der Waals surface area contributed by atoms with E-state index in [4.69, 9.17) is 19.4 Å². The topological polar surface area (TPSA) is 73.3 Å². The molecule has 3 aromatic carbocycles. The van der Waals surface area contributed by atoms with Gasteiger partial charge in [0.25, 0.3) is 0 Å². The van der Waals surface area contributed by atoms with E-state index in [1.807, 2.05) is 80.6 Å². The highest BCUT2D eigenvalue weighted by molar-refractivity contribution is 8.00. The van der Waals surface area contributed by atoms with Crippen LogP contribution in [0.1, 0.15) is 29.2 Å². The number of nitrogens with one attached hydrogen (secondary N) is 1. The van der Waals surface area contributed by atoms with E-state index in [0.717, 1.165) is 44.5 Å². The van der Waals surface area contributed by atoms with Gasteiger partial charge in [-0.15, -0.1) is 0 Å². The summed E-state index contributed by atoms with van der Waals surface area (Å²) in [6.45, 7) is 6.65. The third kappa shape index (κ3) is 5.21. The van der Waals surface area contributed by atoms with Gasteiger partial charge in [-0.1, -0.05) is 36.0 Å². The van der Waals surface area contributed by atoms with Gasteiger partial charge >= 0.3 is 0 Å². The van der Waals surface area contributed by atoms with E-state index in [9.17, 15) is 4.79 Å². The van der Waals surface area contributed by atoms with Gasteiger partial charge in [-0.2, -0.15) is 4.98 Å². The first-order chi connectivity index (χ1) is 17.5.